The summed E-state index contributed by atoms with van der Waals surface area (Å²) < 4.78 is 25.2. The van der Waals surface area contributed by atoms with E-state index in [0.29, 0.717) is 11.3 Å². The summed E-state index contributed by atoms with van der Waals surface area (Å²) in [5, 5.41) is -0.681. The van der Waals surface area contributed by atoms with Gasteiger partial charge in [0.15, 0.2) is 9.84 Å². The number of sulfone groups is 1. The van der Waals surface area contributed by atoms with Gasteiger partial charge in [0, 0.05) is 28.3 Å². The van der Waals surface area contributed by atoms with Crippen LogP contribution in [0.3, 0.4) is 0 Å². The van der Waals surface area contributed by atoms with Crippen LogP contribution in [0.4, 0.5) is 5.69 Å². The summed E-state index contributed by atoms with van der Waals surface area (Å²) in [6, 6.07) is 13.6. The van der Waals surface area contributed by atoms with Crippen LogP contribution >= 0.6 is 23.2 Å². The molecular formula is C17H17Cl2NO3S. The van der Waals surface area contributed by atoms with Gasteiger partial charge < -0.3 is 4.90 Å². The molecule has 0 aliphatic heterocycles. The Morgan fingerprint density at radius 3 is 2.12 bits per heavy atom. The summed E-state index contributed by atoms with van der Waals surface area (Å²) >= 11 is 12.1. The number of hydrogen-bond acceptors (Lipinski definition) is 3. The van der Waals surface area contributed by atoms with Gasteiger partial charge in [0.2, 0.25) is 5.91 Å². The van der Waals surface area contributed by atoms with Gasteiger partial charge in [-0.25, -0.2) is 8.42 Å². The number of anilines is 1. The average molecular weight is 386 g/mol. The van der Waals surface area contributed by atoms with Crippen LogP contribution in [0, 0.1) is 0 Å². The molecule has 0 aliphatic rings. The summed E-state index contributed by atoms with van der Waals surface area (Å²) in [7, 11) is -2.22. The van der Waals surface area contributed by atoms with Crippen LogP contribution < -0.4 is 4.90 Å². The molecule has 0 aliphatic carbocycles. The Morgan fingerprint density at radius 2 is 1.58 bits per heavy atom. The molecule has 2 aromatic rings. The number of carbonyl (C=O) groups excluding carboxylic acids is 1. The second-order valence-electron chi connectivity index (χ2n) is 5.38. The molecular weight excluding hydrogens is 369 g/mol. The number of halogens is 2. The molecule has 0 heterocycles. The van der Waals surface area contributed by atoms with E-state index < -0.39 is 21.0 Å². The Kier molecular flexibility index (Phi) is 5.91. The summed E-state index contributed by atoms with van der Waals surface area (Å²) in [5.74, 6) is -0.898. The molecule has 24 heavy (non-hydrogen) atoms. The largest absolute Gasteiger partial charge is 0.314 e. The third kappa shape index (κ3) is 4.09. The van der Waals surface area contributed by atoms with E-state index in [1.165, 1.54) is 11.8 Å². The second-order valence-corrected chi connectivity index (χ2v) is 8.52. The van der Waals surface area contributed by atoms with Gasteiger partial charge in [-0.05, 0) is 31.2 Å². The molecule has 0 unspecified atom stereocenters. The molecule has 128 valence electrons. The number of amides is 1. The number of para-hydroxylation sites is 1. The number of rotatable bonds is 5. The van der Waals surface area contributed by atoms with Gasteiger partial charge in [-0.1, -0.05) is 47.5 Å². The van der Waals surface area contributed by atoms with Crippen molar-refractivity contribution in [3.05, 3.63) is 64.1 Å². The minimum absolute atomic E-state index is 0.266. The van der Waals surface area contributed by atoms with Crippen LogP contribution in [-0.2, 0) is 20.4 Å². The third-order valence-electron chi connectivity index (χ3n) is 3.77. The van der Waals surface area contributed by atoms with Gasteiger partial charge >= 0.3 is 0 Å². The van der Waals surface area contributed by atoms with Crippen molar-refractivity contribution >= 4 is 44.6 Å². The maximum absolute atomic E-state index is 12.6. The van der Waals surface area contributed by atoms with E-state index in [1.807, 2.05) is 6.07 Å². The summed E-state index contributed by atoms with van der Waals surface area (Å²) in [6.07, 6.45) is 0. The van der Waals surface area contributed by atoms with Gasteiger partial charge in [-0.3, -0.25) is 4.79 Å². The van der Waals surface area contributed by atoms with Crippen molar-refractivity contribution < 1.29 is 13.2 Å². The van der Waals surface area contributed by atoms with Gasteiger partial charge in [-0.15, -0.1) is 0 Å². The van der Waals surface area contributed by atoms with Crippen LogP contribution in [0.2, 0.25) is 10.0 Å². The normalized spacial score (nSPS) is 12.7. The minimum atomic E-state index is -3.77. The highest BCUT2D eigenvalue weighted by molar-refractivity contribution is 7.92. The number of carbonyl (C=O) groups is 1. The smallest absolute Gasteiger partial charge is 0.244 e. The fourth-order valence-electron chi connectivity index (χ4n) is 2.20. The van der Waals surface area contributed by atoms with Crippen molar-refractivity contribution in [2.45, 2.75) is 17.9 Å². The highest BCUT2D eigenvalue weighted by atomic mass is 35.5. The third-order valence-corrected chi connectivity index (χ3v) is 6.45. The Morgan fingerprint density at radius 1 is 1.04 bits per heavy atom. The van der Waals surface area contributed by atoms with E-state index in [-0.39, 0.29) is 15.8 Å². The SMILES string of the molecule is C[C@@H](C(=O)N(C)c1ccccc1)S(=O)(=O)Cc1c(Cl)cccc1Cl. The Labute approximate surface area is 151 Å². The topological polar surface area (TPSA) is 54.5 Å². The molecule has 1 atom stereocenters. The first-order chi connectivity index (χ1) is 11.2. The molecule has 2 rings (SSSR count). The molecule has 0 radical (unpaired) electrons. The minimum Gasteiger partial charge on any atom is -0.314 e. The van der Waals surface area contributed by atoms with Crippen LogP contribution in [0.5, 0.6) is 0 Å². The van der Waals surface area contributed by atoms with E-state index in [1.54, 1.807) is 49.5 Å². The molecule has 4 nitrogen and oxygen atoms in total. The number of hydrogen-bond donors (Lipinski definition) is 0. The maximum Gasteiger partial charge on any atom is 0.244 e. The van der Waals surface area contributed by atoms with Gasteiger partial charge in [0.1, 0.15) is 5.25 Å². The lowest BCUT2D eigenvalue weighted by Crippen LogP contribution is -2.39. The lowest BCUT2D eigenvalue weighted by Gasteiger charge is -2.22. The number of benzene rings is 2. The number of nitrogens with zero attached hydrogens (tertiary/aromatic N) is 1. The highest BCUT2D eigenvalue weighted by Crippen LogP contribution is 2.28. The zero-order chi connectivity index (χ0) is 17.9. The van der Waals surface area contributed by atoms with E-state index >= 15 is 0 Å². The predicted molar refractivity (Wildman–Crippen MR) is 98.4 cm³/mol. The molecule has 0 fully saturated rings. The fraction of sp³-hybridized carbons (Fsp3) is 0.235. The molecule has 2 aromatic carbocycles. The van der Waals surface area contributed by atoms with E-state index in [0.717, 1.165) is 0 Å². The zero-order valence-corrected chi connectivity index (χ0v) is 15.6. The molecule has 0 aromatic heterocycles. The first-order valence-electron chi connectivity index (χ1n) is 7.21. The molecule has 0 N–H and O–H groups in total. The molecule has 1 amide bonds. The molecule has 7 heteroatoms. The van der Waals surface area contributed by atoms with Crippen molar-refractivity contribution in [2.75, 3.05) is 11.9 Å². The van der Waals surface area contributed by atoms with Crippen molar-refractivity contribution in [3.63, 3.8) is 0 Å². The Hall–Kier alpha value is -1.56. The van der Waals surface area contributed by atoms with E-state index in [4.69, 9.17) is 23.2 Å². The van der Waals surface area contributed by atoms with Crippen molar-refractivity contribution in [1.82, 2.24) is 0 Å². The van der Waals surface area contributed by atoms with Crippen LogP contribution in [0.25, 0.3) is 0 Å². The van der Waals surface area contributed by atoms with Crippen molar-refractivity contribution in [2.24, 2.45) is 0 Å². The van der Waals surface area contributed by atoms with Gasteiger partial charge in [-0.2, -0.15) is 0 Å². The molecule has 0 saturated carbocycles. The van der Waals surface area contributed by atoms with E-state index in [9.17, 15) is 13.2 Å². The molecule has 0 spiro atoms. The molecule has 0 saturated heterocycles. The average Bonchev–Trinajstić information content (AvgIpc) is 2.57. The van der Waals surface area contributed by atoms with Crippen molar-refractivity contribution in [3.8, 4) is 0 Å². The lowest BCUT2D eigenvalue weighted by molar-refractivity contribution is -0.117. The quantitative estimate of drug-likeness (QED) is 0.782. The lowest BCUT2D eigenvalue weighted by atomic mass is 10.2. The summed E-state index contributed by atoms with van der Waals surface area (Å²) in [4.78, 5) is 13.9. The van der Waals surface area contributed by atoms with E-state index in [2.05, 4.69) is 0 Å². The summed E-state index contributed by atoms with van der Waals surface area (Å²) in [5.41, 5.74) is 0.933. The van der Waals surface area contributed by atoms with Gasteiger partial charge in [0.25, 0.3) is 0 Å². The highest BCUT2D eigenvalue weighted by Gasteiger charge is 2.32. The van der Waals surface area contributed by atoms with Crippen molar-refractivity contribution in [1.29, 1.82) is 0 Å². The second kappa shape index (κ2) is 7.55. The first kappa shape index (κ1) is 18.8. The van der Waals surface area contributed by atoms with Crippen LogP contribution in [0.15, 0.2) is 48.5 Å². The standard InChI is InChI=1S/C17H17Cl2NO3S/c1-12(17(21)20(2)13-7-4-3-5-8-13)24(22,23)11-14-15(18)9-6-10-16(14)19/h3-10,12H,11H2,1-2H3/t12-/m0/s1. The molecule has 0 bridgehead atoms. The predicted octanol–water partition coefficient (Wildman–Crippen LogP) is 3.96. The Bertz CT molecular complexity index is 818. The van der Waals surface area contributed by atoms with Gasteiger partial charge in [0.05, 0.1) is 5.75 Å². The summed E-state index contributed by atoms with van der Waals surface area (Å²) in [6.45, 7) is 1.38. The fourth-order valence-corrected chi connectivity index (χ4v) is 4.32. The van der Waals surface area contributed by atoms with Crippen LogP contribution in [0.1, 0.15) is 12.5 Å². The zero-order valence-electron chi connectivity index (χ0n) is 13.2. The van der Waals surface area contributed by atoms with Crippen LogP contribution in [-0.4, -0.2) is 26.6 Å². The Balaban J connectivity index is 2.24. The maximum atomic E-state index is 12.6. The first-order valence-corrected chi connectivity index (χ1v) is 9.68. The monoisotopic (exact) mass is 385 g/mol.